The molecule has 0 aromatic heterocycles. The van der Waals surface area contributed by atoms with Crippen molar-refractivity contribution in [3.63, 3.8) is 0 Å². The first-order chi connectivity index (χ1) is 5.15. The summed E-state index contributed by atoms with van der Waals surface area (Å²) in [6, 6.07) is -0.847. The second kappa shape index (κ2) is 2.67. The molecule has 11 heavy (non-hydrogen) atoms. The van der Waals surface area contributed by atoms with Gasteiger partial charge in [-0.3, -0.25) is 15.1 Å². The van der Waals surface area contributed by atoms with Crippen LogP contribution in [0.2, 0.25) is 0 Å². The summed E-state index contributed by atoms with van der Waals surface area (Å²) < 4.78 is 0. The molecule has 0 spiro atoms. The largest absolute Gasteiger partial charge is 0.385 e. The Morgan fingerprint density at radius 3 is 2.82 bits per heavy atom. The van der Waals surface area contributed by atoms with Crippen LogP contribution >= 0.6 is 0 Å². The number of nitrogens with one attached hydrogen (secondary N) is 1. The number of rotatable bonds is 0. The number of amidine groups is 1. The Morgan fingerprint density at radius 2 is 2.36 bits per heavy atom. The fraction of sp³-hybridized carbons (Fsp3) is 0.400. The van der Waals surface area contributed by atoms with E-state index in [9.17, 15) is 4.79 Å². The van der Waals surface area contributed by atoms with Gasteiger partial charge < -0.3 is 11.5 Å². The zero-order valence-corrected chi connectivity index (χ0v) is 6.03. The van der Waals surface area contributed by atoms with E-state index >= 15 is 0 Å². The molecule has 1 unspecified atom stereocenters. The molecule has 6 nitrogen and oxygen atoms in total. The van der Waals surface area contributed by atoms with E-state index in [1.807, 2.05) is 0 Å². The van der Waals surface area contributed by atoms with Crippen molar-refractivity contribution in [2.24, 2.45) is 21.5 Å². The number of aliphatic imine (C=N–C) groups is 2. The number of hydrogen-bond acceptors (Lipinski definition) is 4. The molecule has 0 aliphatic carbocycles. The number of carbonyl (C=O) groups is 1. The molecule has 0 saturated heterocycles. The first-order valence-electron chi connectivity index (χ1n) is 3.02. The zero-order chi connectivity index (χ0) is 8.43. The van der Waals surface area contributed by atoms with Crippen LogP contribution in [0.4, 0.5) is 0 Å². The molecule has 0 radical (unpaired) electrons. The number of hydrogen-bond donors (Lipinski definition) is 3. The summed E-state index contributed by atoms with van der Waals surface area (Å²) in [5.41, 5.74) is 10.6. The average molecular weight is 155 g/mol. The van der Waals surface area contributed by atoms with E-state index in [2.05, 4.69) is 15.3 Å². The quantitative estimate of drug-likeness (QED) is 0.369. The highest BCUT2D eigenvalue weighted by Crippen LogP contribution is 1.90. The highest BCUT2D eigenvalue weighted by atomic mass is 16.2. The van der Waals surface area contributed by atoms with E-state index in [4.69, 9.17) is 11.5 Å². The predicted molar refractivity (Wildman–Crippen MR) is 41.1 cm³/mol. The molecule has 0 aromatic carbocycles. The molecular formula is C5H9N5O. The molecule has 0 bridgehead atoms. The van der Waals surface area contributed by atoms with Crippen LogP contribution in [0.5, 0.6) is 0 Å². The topological polar surface area (TPSA) is 106 Å². The summed E-state index contributed by atoms with van der Waals surface area (Å²) in [5, 5.41) is 2.36. The van der Waals surface area contributed by atoms with Crippen LogP contribution in [0.25, 0.3) is 0 Å². The Hall–Kier alpha value is -1.43. The first kappa shape index (κ1) is 7.67. The average Bonchev–Trinajstić information content (AvgIpc) is 1.99. The Bertz CT molecular complexity index is 243. The number of guanidine groups is 1. The van der Waals surface area contributed by atoms with Crippen LogP contribution < -0.4 is 16.8 Å². The molecule has 1 atom stereocenters. The van der Waals surface area contributed by atoms with Crippen LogP contribution in [0, 0.1) is 0 Å². The van der Waals surface area contributed by atoms with Gasteiger partial charge in [-0.25, -0.2) is 0 Å². The third-order valence-electron chi connectivity index (χ3n) is 1.28. The third kappa shape index (κ3) is 1.35. The second-order valence-electron chi connectivity index (χ2n) is 2.05. The van der Waals surface area contributed by atoms with Crippen LogP contribution in [-0.4, -0.2) is 30.8 Å². The minimum Gasteiger partial charge on any atom is -0.385 e. The lowest BCUT2D eigenvalue weighted by Crippen LogP contribution is -2.54. The summed E-state index contributed by atoms with van der Waals surface area (Å²) in [5.74, 6) is -0.0818. The van der Waals surface area contributed by atoms with Crippen molar-refractivity contribution in [3.8, 4) is 0 Å². The Balaban J connectivity index is 2.94. The molecule has 5 N–H and O–H groups in total. The van der Waals surface area contributed by atoms with E-state index < -0.39 is 6.04 Å². The fourth-order valence-electron chi connectivity index (χ4n) is 0.648. The van der Waals surface area contributed by atoms with Gasteiger partial charge in [0.05, 0.1) is 0 Å². The lowest BCUT2D eigenvalue weighted by atomic mass is 10.2. The van der Waals surface area contributed by atoms with Gasteiger partial charge in [-0.1, -0.05) is 0 Å². The van der Waals surface area contributed by atoms with Gasteiger partial charge in [-0.15, -0.1) is 0 Å². The summed E-state index contributed by atoms with van der Waals surface area (Å²) in [7, 11) is 1.50. The monoisotopic (exact) mass is 155 g/mol. The summed E-state index contributed by atoms with van der Waals surface area (Å²) in [4.78, 5) is 18.3. The molecule has 1 amide bonds. The number of nitrogens with zero attached hydrogens (tertiary/aromatic N) is 2. The minimum absolute atomic E-state index is 0.0920. The van der Waals surface area contributed by atoms with Crippen LogP contribution in [0.15, 0.2) is 9.98 Å². The van der Waals surface area contributed by atoms with E-state index in [1.165, 1.54) is 7.05 Å². The second-order valence-corrected chi connectivity index (χ2v) is 2.05. The third-order valence-corrected chi connectivity index (χ3v) is 1.28. The fourth-order valence-corrected chi connectivity index (χ4v) is 0.648. The van der Waals surface area contributed by atoms with Gasteiger partial charge in [-0.2, -0.15) is 4.99 Å². The summed E-state index contributed by atoms with van der Waals surface area (Å²) in [6.45, 7) is 0. The highest BCUT2D eigenvalue weighted by molar-refractivity contribution is 6.18. The normalized spacial score (nSPS) is 28.2. The van der Waals surface area contributed by atoms with Gasteiger partial charge in [0.15, 0.2) is 0 Å². The maximum absolute atomic E-state index is 10.9. The lowest BCUT2D eigenvalue weighted by Gasteiger charge is -2.16. The highest BCUT2D eigenvalue weighted by Gasteiger charge is 2.23. The molecule has 60 valence electrons. The number of carbonyl (C=O) groups excluding carboxylic acids is 1. The van der Waals surface area contributed by atoms with Gasteiger partial charge >= 0.3 is 0 Å². The van der Waals surface area contributed by atoms with E-state index in [1.54, 1.807) is 0 Å². The van der Waals surface area contributed by atoms with Gasteiger partial charge in [-0.05, 0) is 0 Å². The van der Waals surface area contributed by atoms with Crippen molar-refractivity contribution in [1.82, 2.24) is 5.32 Å². The van der Waals surface area contributed by atoms with Crippen molar-refractivity contribution in [2.75, 3.05) is 7.05 Å². The van der Waals surface area contributed by atoms with Gasteiger partial charge in [0.1, 0.15) is 11.9 Å². The standard InChI is InChI=1S/C5H9N5O/c1-8-5-9-3(7)2(6)4(11)10-5/h2H,6H2,1H3,(H3,7,8,9,10,11). The van der Waals surface area contributed by atoms with Gasteiger partial charge in [0, 0.05) is 7.05 Å². The van der Waals surface area contributed by atoms with Crippen molar-refractivity contribution < 1.29 is 4.79 Å². The smallest absolute Gasteiger partial charge is 0.251 e. The SMILES string of the molecule is CN=C1N=C(N)C(N)C(=O)N1. The molecular weight excluding hydrogens is 146 g/mol. The molecule has 0 aromatic rings. The minimum atomic E-state index is -0.847. The molecule has 1 aliphatic rings. The van der Waals surface area contributed by atoms with Crippen LogP contribution in [0.3, 0.4) is 0 Å². The van der Waals surface area contributed by atoms with E-state index in [0.717, 1.165) is 0 Å². The number of nitrogens with two attached hydrogens (primary N) is 2. The summed E-state index contributed by atoms with van der Waals surface area (Å²) >= 11 is 0. The first-order valence-corrected chi connectivity index (χ1v) is 3.02. The van der Waals surface area contributed by atoms with Gasteiger partial charge in [0.2, 0.25) is 5.96 Å². The van der Waals surface area contributed by atoms with E-state index in [0.29, 0.717) is 0 Å². The molecule has 1 rings (SSSR count). The Morgan fingerprint density at radius 1 is 1.73 bits per heavy atom. The van der Waals surface area contributed by atoms with Crippen LogP contribution in [0.1, 0.15) is 0 Å². The van der Waals surface area contributed by atoms with E-state index in [-0.39, 0.29) is 17.7 Å². The van der Waals surface area contributed by atoms with Crippen LogP contribution in [-0.2, 0) is 4.79 Å². The Kier molecular flexibility index (Phi) is 1.86. The predicted octanol–water partition coefficient (Wildman–Crippen LogP) is -2.21. The van der Waals surface area contributed by atoms with Crippen molar-refractivity contribution in [3.05, 3.63) is 0 Å². The molecule has 1 heterocycles. The maximum Gasteiger partial charge on any atom is 0.251 e. The van der Waals surface area contributed by atoms with Crippen molar-refractivity contribution in [1.29, 1.82) is 0 Å². The molecule has 6 heteroatoms. The van der Waals surface area contributed by atoms with Crippen molar-refractivity contribution >= 4 is 17.7 Å². The molecule has 0 fully saturated rings. The molecule has 0 saturated carbocycles. The Labute approximate surface area is 63.4 Å². The maximum atomic E-state index is 10.9. The number of amides is 1. The van der Waals surface area contributed by atoms with Crippen molar-refractivity contribution in [2.45, 2.75) is 6.04 Å². The summed E-state index contributed by atoms with van der Waals surface area (Å²) in [6.07, 6.45) is 0. The van der Waals surface area contributed by atoms with Gasteiger partial charge in [0.25, 0.3) is 5.91 Å². The zero-order valence-electron chi connectivity index (χ0n) is 6.03. The lowest BCUT2D eigenvalue weighted by molar-refractivity contribution is -0.119. The molecule has 1 aliphatic heterocycles.